The standard InChI is InChI=1S/C22H25FN2O/c1-18(20-5-3-2-4-6-20)17-22(26)25-15-13-24(14-16-25)12-11-19-7-9-21(23)10-8-19/h2-10,17H,11-16H2,1H3/b18-17+. The lowest BCUT2D eigenvalue weighted by atomic mass is 10.1. The van der Waals surface area contributed by atoms with Crippen molar-refractivity contribution in [2.75, 3.05) is 32.7 Å². The molecule has 2 aromatic rings. The number of halogens is 1. The molecule has 0 aromatic heterocycles. The lowest BCUT2D eigenvalue weighted by Gasteiger charge is -2.34. The number of allylic oxidation sites excluding steroid dienone is 1. The molecule has 1 heterocycles. The summed E-state index contributed by atoms with van der Waals surface area (Å²) in [6.45, 7) is 6.18. The van der Waals surface area contributed by atoms with Crippen LogP contribution in [0.15, 0.2) is 60.7 Å². The maximum Gasteiger partial charge on any atom is 0.246 e. The van der Waals surface area contributed by atoms with Crippen LogP contribution < -0.4 is 0 Å². The third-order valence-electron chi connectivity index (χ3n) is 4.88. The van der Waals surface area contributed by atoms with Crippen molar-refractivity contribution in [2.45, 2.75) is 13.3 Å². The molecule has 0 atom stereocenters. The number of rotatable bonds is 5. The van der Waals surface area contributed by atoms with Gasteiger partial charge in [-0.15, -0.1) is 0 Å². The molecule has 0 N–H and O–H groups in total. The zero-order chi connectivity index (χ0) is 18.4. The van der Waals surface area contributed by atoms with Gasteiger partial charge in [0.15, 0.2) is 0 Å². The molecule has 2 aromatic carbocycles. The quantitative estimate of drug-likeness (QED) is 0.768. The van der Waals surface area contributed by atoms with Crippen LogP contribution in [0.1, 0.15) is 18.1 Å². The van der Waals surface area contributed by atoms with E-state index in [0.29, 0.717) is 0 Å². The minimum absolute atomic E-state index is 0.0875. The van der Waals surface area contributed by atoms with Crippen LogP contribution in [-0.4, -0.2) is 48.4 Å². The molecular weight excluding hydrogens is 327 g/mol. The summed E-state index contributed by atoms with van der Waals surface area (Å²) in [6.07, 6.45) is 2.64. The fourth-order valence-corrected chi connectivity index (χ4v) is 3.19. The van der Waals surface area contributed by atoms with Crippen molar-refractivity contribution in [3.63, 3.8) is 0 Å². The van der Waals surface area contributed by atoms with Gasteiger partial charge in [-0.05, 0) is 42.2 Å². The van der Waals surface area contributed by atoms with E-state index in [-0.39, 0.29) is 11.7 Å². The van der Waals surface area contributed by atoms with Gasteiger partial charge in [-0.1, -0.05) is 42.5 Å². The van der Waals surface area contributed by atoms with Crippen LogP contribution in [0, 0.1) is 5.82 Å². The summed E-state index contributed by atoms with van der Waals surface area (Å²) in [5.41, 5.74) is 3.22. The first-order valence-corrected chi connectivity index (χ1v) is 9.11. The Labute approximate surface area is 154 Å². The lowest BCUT2D eigenvalue weighted by molar-refractivity contribution is -0.127. The molecule has 4 heteroatoms. The van der Waals surface area contributed by atoms with E-state index in [1.54, 1.807) is 6.08 Å². The maximum absolute atomic E-state index is 12.9. The normalized spacial score (nSPS) is 15.9. The average molecular weight is 352 g/mol. The largest absolute Gasteiger partial charge is 0.337 e. The topological polar surface area (TPSA) is 23.6 Å². The van der Waals surface area contributed by atoms with Gasteiger partial charge in [-0.3, -0.25) is 9.69 Å². The monoisotopic (exact) mass is 352 g/mol. The van der Waals surface area contributed by atoms with E-state index in [0.717, 1.165) is 55.8 Å². The Morgan fingerprint density at radius 3 is 2.31 bits per heavy atom. The summed E-state index contributed by atoms with van der Waals surface area (Å²) >= 11 is 0. The van der Waals surface area contributed by atoms with Gasteiger partial charge >= 0.3 is 0 Å². The fourth-order valence-electron chi connectivity index (χ4n) is 3.19. The van der Waals surface area contributed by atoms with E-state index in [2.05, 4.69) is 4.90 Å². The second-order valence-electron chi connectivity index (χ2n) is 6.74. The van der Waals surface area contributed by atoms with Crippen LogP contribution in [-0.2, 0) is 11.2 Å². The Kier molecular flexibility index (Phi) is 6.18. The maximum atomic E-state index is 12.9. The highest BCUT2D eigenvalue weighted by molar-refractivity contribution is 5.94. The molecule has 1 aliphatic rings. The summed E-state index contributed by atoms with van der Waals surface area (Å²) in [4.78, 5) is 16.8. The van der Waals surface area contributed by atoms with Crippen molar-refractivity contribution in [2.24, 2.45) is 0 Å². The van der Waals surface area contributed by atoms with Gasteiger partial charge in [0.25, 0.3) is 0 Å². The Bertz CT molecular complexity index is 747. The van der Waals surface area contributed by atoms with Gasteiger partial charge in [0.2, 0.25) is 5.91 Å². The first-order chi connectivity index (χ1) is 12.6. The minimum atomic E-state index is -0.195. The van der Waals surface area contributed by atoms with Crippen LogP contribution >= 0.6 is 0 Å². The van der Waals surface area contributed by atoms with Gasteiger partial charge in [0, 0.05) is 38.8 Å². The van der Waals surface area contributed by atoms with Crippen LogP contribution in [0.5, 0.6) is 0 Å². The van der Waals surface area contributed by atoms with E-state index in [9.17, 15) is 9.18 Å². The molecule has 0 aliphatic carbocycles. The lowest BCUT2D eigenvalue weighted by Crippen LogP contribution is -2.48. The molecule has 1 fully saturated rings. The van der Waals surface area contributed by atoms with E-state index in [4.69, 9.17) is 0 Å². The van der Waals surface area contributed by atoms with Gasteiger partial charge in [0.1, 0.15) is 5.82 Å². The molecule has 3 nitrogen and oxygen atoms in total. The van der Waals surface area contributed by atoms with E-state index in [1.807, 2.05) is 54.3 Å². The number of hydrogen-bond acceptors (Lipinski definition) is 2. The van der Waals surface area contributed by atoms with Gasteiger partial charge < -0.3 is 4.90 Å². The Balaban J connectivity index is 1.47. The van der Waals surface area contributed by atoms with Gasteiger partial charge in [0.05, 0.1) is 0 Å². The number of nitrogens with zero attached hydrogens (tertiary/aromatic N) is 2. The second-order valence-corrected chi connectivity index (χ2v) is 6.74. The number of piperazine rings is 1. The molecule has 0 bridgehead atoms. The summed E-state index contributed by atoms with van der Waals surface area (Å²) in [5, 5.41) is 0. The van der Waals surface area contributed by atoms with Crippen molar-refractivity contribution in [1.82, 2.24) is 9.80 Å². The minimum Gasteiger partial charge on any atom is -0.337 e. The van der Waals surface area contributed by atoms with Crippen LogP contribution in [0.2, 0.25) is 0 Å². The first-order valence-electron chi connectivity index (χ1n) is 9.11. The molecule has 0 unspecified atom stereocenters. The van der Waals surface area contributed by atoms with E-state index < -0.39 is 0 Å². The number of carbonyl (C=O) groups is 1. The number of benzene rings is 2. The molecule has 0 radical (unpaired) electrons. The molecule has 3 rings (SSSR count). The van der Waals surface area contributed by atoms with Gasteiger partial charge in [-0.25, -0.2) is 4.39 Å². The van der Waals surface area contributed by atoms with Crippen LogP contribution in [0.25, 0.3) is 5.57 Å². The Morgan fingerprint density at radius 2 is 1.65 bits per heavy atom. The molecular formula is C22H25FN2O. The number of carbonyl (C=O) groups excluding carboxylic acids is 1. The van der Waals surface area contributed by atoms with Crippen molar-refractivity contribution < 1.29 is 9.18 Å². The predicted molar refractivity (Wildman–Crippen MR) is 103 cm³/mol. The van der Waals surface area contributed by atoms with Gasteiger partial charge in [-0.2, -0.15) is 0 Å². The highest BCUT2D eigenvalue weighted by atomic mass is 19.1. The van der Waals surface area contributed by atoms with Crippen molar-refractivity contribution in [3.8, 4) is 0 Å². The zero-order valence-electron chi connectivity index (χ0n) is 15.2. The summed E-state index contributed by atoms with van der Waals surface area (Å²) in [7, 11) is 0. The predicted octanol–water partition coefficient (Wildman–Crippen LogP) is 3.62. The van der Waals surface area contributed by atoms with E-state index in [1.165, 1.54) is 12.1 Å². The second kappa shape index (κ2) is 8.77. The van der Waals surface area contributed by atoms with Crippen molar-refractivity contribution in [1.29, 1.82) is 0 Å². The summed E-state index contributed by atoms with van der Waals surface area (Å²) in [6, 6.07) is 16.7. The van der Waals surface area contributed by atoms with Crippen molar-refractivity contribution in [3.05, 3.63) is 77.6 Å². The summed E-state index contributed by atoms with van der Waals surface area (Å²) < 4.78 is 12.9. The first kappa shape index (κ1) is 18.3. The fraction of sp³-hybridized carbons (Fsp3) is 0.318. The smallest absolute Gasteiger partial charge is 0.246 e. The Hall–Kier alpha value is -2.46. The molecule has 0 saturated carbocycles. The van der Waals surface area contributed by atoms with Crippen LogP contribution in [0.3, 0.4) is 0 Å². The molecule has 1 amide bonds. The third-order valence-corrected chi connectivity index (χ3v) is 4.88. The highest BCUT2D eigenvalue weighted by Crippen LogP contribution is 2.14. The average Bonchev–Trinajstić information content (AvgIpc) is 2.68. The van der Waals surface area contributed by atoms with Crippen molar-refractivity contribution >= 4 is 11.5 Å². The zero-order valence-corrected chi connectivity index (χ0v) is 15.2. The number of amides is 1. The highest BCUT2D eigenvalue weighted by Gasteiger charge is 2.19. The molecule has 136 valence electrons. The molecule has 0 spiro atoms. The van der Waals surface area contributed by atoms with E-state index >= 15 is 0 Å². The third kappa shape index (κ3) is 5.02. The number of hydrogen-bond donors (Lipinski definition) is 0. The molecule has 1 saturated heterocycles. The Morgan fingerprint density at radius 1 is 1.00 bits per heavy atom. The molecule has 1 aliphatic heterocycles. The van der Waals surface area contributed by atoms with Crippen LogP contribution in [0.4, 0.5) is 4.39 Å². The SMILES string of the molecule is C/C(=C\C(=O)N1CCN(CCc2ccc(F)cc2)CC1)c1ccccc1. The molecule has 26 heavy (non-hydrogen) atoms. The summed E-state index contributed by atoms with van der Waals surface area (Å²) in [5.74, 6) is -0.107.